The van der Waals surface area contributed by atoms with E-state index in [1.165, 1.54) is 24.1 Å². The molecule has 2 amide bonds. The van der Waals surface area contributed by atoms with Gasteiger partial charge >= 0.3 is 0 Å². The molecule has 0 unspecified atom stereocenters. The summed E-state index contributed by atoms with van der Waals surface area (Å²) in [7, 11) is -2.80. The van der Waals surface area contributed by atoms with Crippen molar-refractivity contribution in [3.63, 3.8) is 0 Å². The number of aryl methyl sites for hydroxylation is 1. The molecule has 0 radical (unpaired) electrons. The van der Waals surface area contributed by atoms with E-state index in [2.05, 4.69) is 5.32 Å². The van der Waals surface area contributed by atoms with Gasteiger partial charge in [-0.15, -0.1) is 0 Å². The third-order valence-corrected chi connectivity index (χ3v) is 10.5. The smallest absolute Gasteiger partial charge is 0.264 e. The SMILES string of the molecule is COc1ccccc1N(CC(=O)N(Cc1cccc(Cl)c1)[C@H](Cc1ccccc1)C(=O)NC1CCCC1)S(=O)(=O)c1ccc(C)cc1. The Morgan fingerprint density at radius 1 is 0.894 bits per heavy atom. The zero-order chi connectivity index (χ0) is 33.4. The molecule has 0 spiro atoms. The molecule has 246 valence electrons. The molecule has 0 aliphatic heterocycles. The molecule has 5 rings (SSSR count). The van der Waals surface area contributed by atoms with Crippen molar-refractivity contribution in [2.24, 2.45) is 0 Å². The Morgan fingerprint density at radius 3 is 2.23 bits per heavy atom. The van der Waals surface area contributed by atoms with E-state index in [1.54, 1.807) is 54.6 Å². The van der Waals surface area contributed by atoms with E-state index < -0.39 is 28.5 Å². The van der Waals surface area contributed by atoms with Crippen molar-refractivity contribution >= 4 is 39.1 Å². The normalized spacial score (nSPS) is 13.9. The van der Waals surface area contributed by atoms with Crippen molar-refractivity contribution in [3.8, 4) is 5.75 Å². The molecule has 1 aliphatic rings. The summed E-state index contributed by atoms with van der Waals surface area (Å²) in [6.07, 6.45) is 4.06. The number of nitrogens with zero attached hydrogens (tertiary/aromatic N) is 2. The van der Waals surface area contributed by atoms with E-state index in [9.17, 15) is 18.0 Å². The molecule has 0 bridgehead atoms. The fraction of sp³-hybridized carbons (Fsp3) is 0.297. The molecule has 47 heavy (non-hydrogen) atoms. The van der Waals surface area contributed by atoms with Gasteiger partial charge in [0.15, 0.2) is 0 Å². The third-order valence-electron chi connectivity index (χ3n) is 8.46. The Bertz CT molecular complexity index is 1780. The van der Waals surface area contributed by atoms with Gasteiger partial charge in [0.05, 0.1) is 17.7 Å². The van der Waals surface area contributed by atoms with E-state index in [-0.39, 0.29) is 41.2 Å². The van der Waals surface area contributed by atoms with Crippen molar-refractivity contribution < 1.29 is 22.7 Å². The monoisotopic (exact) mass is 673 g/mol. The van der Waals surface area contributed by atoms with Crippen LogP contribution in [0.1, 0.15) is 42.4 Å². The Morgan fingerprint density at radius 2 is 1.55 bits per heavy atom. The third kappa shape index (κ3) is 8.53. The van der Waals surface area contributed by atoms with Crippen LogP contribution in [0.15, 0.2) is 108 Å². The number of methoxy groups -OCH3 is 1. The lowest BCUT2D eigenvalue weighted by atomic mass is 10.0. The first-order valence-corrected chi connectivity index (χ1v) is 17.6. The van der Waals surface area contributed by atoms with Crippen LogP contribution in [-0.2, 0) is 32.6 Å². The van der Waals surface area contributed by atoms with Crippen molar-refractivity contribution in [2.75, 3.05) is 18.0 Å². The van der Waals surface area contributed by atoms with Gasteiger partial charge in [-0.1, -0.05) is 96.7 Å². The molecule has 1 atom stereocenters. The van der Waals surface area contributed by atoms with Crippen molar-refractivity contribution in [2.45, 2.75) is 62.6 Å². The fourth-order valence-electron chi connectivity index (χ4n) is 5.94. The summed E-state index contributed by atoms with van der Waals surface area (Å²) >= 11 is 6.35. The van der Waals surface area contributed by atoms with Crippen LogP contribution in [0.2, 0.25) is 5.02 Å². The first-order chi connectivity index (χ1) is 22.7. The number of ether oxygens (including phenoxy) is 1. The number of sulfonamides is 1. The maximum Gasteiger partial charge on any atom is 0.264 e. The lowest BCUT2D eigenvalue weighted by molar-refractivity contribution is -0.140. The minimum Gasteiger partial charge on any atom is -0.495 e. The Labute approximate surface area is 282 Å². The topological polar surface area (TPSA) is 96.0 Å². The van der Waals surface area contributed by atoms with Gasteiger partial charge < -0.3 is 15.0 Å². The lowest BCUT2D eigenvalue weighted by Gasteiger charge is -2.34. The first-order valence-electron chi connectivity index (χ1n) is 15.8. The lowest BCUT2D eigenvalue weighted by Crippen LogP contribution is -2.54. The van der Waals surface area contributed by atoms with Crippen LogP contribution < -0.4 is 14.4 Å². The summed E-state index contributed by atoms with van der Waals surface area (Å²) in [6, 6.07) is 28.9. The highest BCUT2D eigenvalue weighted by Gasteiger charge is 2.36. The molecular weight excluding hydrogens is 634 g/mol. The van der Waals surface area contributed by atoms with Gasteiger partial charge in [-0.05, 0) is 67.3 Å². The number of anilines is 1. The fourth-order valence-corrected chi connectivity index (χ4v) is 7.58. The Hall–Kier alpha value is -4.34. The number of halogens is 1. The van der Waals surface area contributed by atoms with Crippen LogP contribution >= 0.6 is 11.6 Å². The highest BCUT2D eigenvalue weighted by Crippen LogP contribution is 2.33. The first kappa shape index (κ1) is 34.0. The second-order valence-electron chi connectivity index (χ2n) is 11.8. The molecule has 8 nitrogen and oxygen atoms in total. The zero-order valence-electron chi connectivity index (χ0n) is 26.6. The van der Waals surface area contributed by atoms with E-state index in [1.807, 2.05) is 43.3 Å². The van der Waals surface area contributed by atoms with Gasteiger partial charge in [0, 0.05) is 24.0 Å². The van der Waals surface area contributed by atoms with E-state index in [0.717, 1.165) is 41.1 Å². The zero-order valence-corrected chi connectivity index (χ0v) is 28.2. The Kier molecular flexibility index (Phi) is 11.2. The minimum absolute atomic E-state index is 0.0240. The van der Waals surface area contributed by atoms with Gasteiger partial charge in [0.2, 0.25) is 11.8 Å². The predicted molar refractivity (Wildman–Crippen MR) is 185 cm³/mol. The summed E-state index contributed by atoms with van der Waals surface area (Å²) in [6.45, 7) is 1.34. The average Bonchev–Trinajstić information content (AvgIpc) is 3.59. The van der Waals surface area contributed by atoms with Gasteiger partial charge in [0.1, 0.15) is 18.3 Å². The van der Waals surface area contributed by atoms with Crippen LogP contribution in [0.3, 0.4) is 0 Å². The molecular formula is C37H40ClN3O5S. The number of para-hydroxylation sites is 2. The number of carbonyl (C=O) groups is 2. The van der Waals surface area contributed by atoms with Crippen molar-refractivity contribution in [1.82, 2.24) is 10.2 Å². The number of benzene rings is 4. The predicted octanol–water partition coefficient (Wildman–Crippen LogP) is 6.55. The molecule has 1 saturated carbocycles. The highest BCUT2D eigenvalue weighted by molar-refractivity contribution is 7.92. The van der Waals surface area contributed by atoms with Crippen LogP contribution in [0, 0.1) is 6.92 Å². The summed E-state index contributed by atoms with van der Waals surface area (Å²) in [5.74, 6) is -0.535. The summed E-state index contributed by atoms with van der Waals surface area (Å²) < 4.78 is 35.2. The largest absolute Gasteiger partial charge is 0.495 e. The summed E-state index contributed by atoms with van der Waals surface area (Å²) in [5, 5.41) is 3.67. The van der Waals surface area contributed by atoms with E-state index >= 15 is 0 Å². The maximum absolute atomic E-state index is 14.7. The molecule has 1 N–H and O–H groups in total. The molecule has 4 aromatic rings. The quantitative estimate of drug-likeness (QED) is 0.174. The minimum atomic E-state index is -4.25. The van der Waals surface area contributed by atoms with Crippen LogP contribution in [-0.4, -0.2) is 50.9 Å². The summed E-state index contributed by atoms with van der Waals surface area (Å²) in [4.78, 5) is 30.3. The number of amides is 2. The number of carbonyl (C=O) groups excluding carboxylic acids is 2. The molecule has 0 saturated heterocycles. The highest BCUT2D eigenvalue weighted by atomic mass is 35.5. The van der Waals surface area contributed by atoms with E-state index in [4.69, 9.17) is 16.3 Å². The molecule has 0 aromatic heterocycles. The Balaban J connectivity index is 1.59. The second-order valence-corrected chi connectivity index (χ2v) is 14.1. The molecule has 10 heteroatoms. The van der Waals surface area contributed by atoms with Crippen LogP contribution in [0.25, 0.3) is 0 Å². The van der Waals surface area contributed by atoms with Gasteiger partial charge in [0.25, 0.3) is 10.0 Å². The molecule has 4 aromatic carbocycles. The second kappa shape index (κ2) is 15.5. The van der Waals surface area contributed by atoms with Crippen LogP contribution in [0.4, 0.5) is 5.69 Å². The molecule has 1 aliphatic carbocycles. The standard InChI is InChI=1S/C37H40ClN3O5S/c1-27-19-21-32(22-20-27)47(44,45)41(33-17-8-9-18-35(33)46-2)26-36(42)40(25-29-13-10-14-30(38)23-29)34(24-28-11-4-3-5-12-28)37(43)39-31-15-6-7-16-31/h3-5,8-14,17-23,31,34H,6-7,15-16,24-26H2,1-2H3,(H,39,43)/t34-/m1/s1. The summed E-state index contributed by atoms with van der Waals surface area (Å²) in [5.41, 5.74) is 2.69. The number of hydrogen-bond donors (Lipinski definition) is 1. The molecule has 1 fully saturated rings. The van der Waals surface area contributed by atoms with Crippen LogP contribution in [0.5, 0.6) is 5.75 Å². The van der Waals surface area contributed by atoms with E-state index in [0.29, 0.717) is 10.6 Å². The van der Waals surface area contributed by atoms with Gasteiger partial charge in [-0.3, -0.25) is 13.9 Å². The van der Waals surface area contributed by atoms with Crippen molar-refractivity contribution in [3.05, 3.63) is 125 Å². The maximum atomic E-state index is 14.7. The number of hydrogen-bond acceptors (Lipinski definition) is 5. The van der Waals surface area contributed by atoms with Gasteiger partial charge in [-0.2, -0.15) is 0 Å². The number of rotatable bonds is 13. The average molecular weight is 674 g/mol. The molecule has 0 heterocycles. The van der Waals surface area contributed by atoms with Crippen molar-refractivity contribution in [1.29, 1.82) is 0 Å². The van der Waals surface area contributed by atoms with Gasteiger partial charge in [-0.25, -0.2) is 8.42 Å². The number of nitrogens with one attached hydrogen (secondary N) is 1.